The van der Waals surface area contributed by atoms with Gasteiger partial charge in [-0.3, -0.25) is 14.4 Å². The van der Waals surface area contributed by atoms with Gasteiger partial charge in [0.1, 0.15) is 11.8 Å². The summed E-state index contributed by atoms with van der Waals surface area (Å²) < 4.78 is 0. The summed E-state index contributed by atoms with van der Waals surface area (Å²) in [5, 5.41) is 8.72. The number of ketones is 2. The molecule has 0 fully saturated rings. The van der Waals surface area contributed by atoms with E-state index in [0.717, 1.165) is 5.56 Å². The molecule has 1 aromatic rings. The second-order valence-corrected chi connectivity index (χ2v) is 5.07. The Balaban J connectivity index is 2.69. The minimum absolute atomic E-state index is 0.0908. The van der Waals surface area contributed by atoms with Crippen LogP contribution in [0, 0.1) is 5.92 Å². The zero-order chi connectivity index (χ0) is 15.3. The fraction of sp³-hybridized carbons (Fsp3) is 0.400. The van der Waals surface area contributed by atoms with Gasteiger partial charge in [-0.2, -0.15) is 0 Å². The highest BCUT2D eigenvalue weighted by Gasteiger charge is 2.15. The summed E-state index contributed by atoms with van der Waals surface area (Å²) in [6.45, 7) is 3.51. The van der Waals surface area contributed by atoms with Crippen LogP contribution in [0.1, 0.15) is 36.2 Å². The Kier molecular flexibility index (Phi) is 5.58. The molecule has 20 heavy (non-hydrogen) atoms. The minimum Gasteiger partial charge on any atom is -0.480 e. The first kappa shape index (κ1) is 16.0. The molecular formula is C15H19NO4. The van der Waals surface area contributed by atoms with Crippen LogP contribution in [0.5, 0.6) is 0 Å². The molecule has 0 heterocycles. The van der Waals surface area contributed by atoms with Crippen LogP contribution in [-0.2, 0) is 16.0 Å². The Morgan fingerprint density at radius 2 is 1.70 bits per heavy atom. The fourth-order valence-electron chi connectivity index (χ4n) is 1.63. The predicted octanol–water partition coefficient (Wildman–Crippen LogP) is 1.44. The fourth-order valence-corrected chi connectivity index (χ4v) is 1.63. The van der Waals surface area contributed by atoms with Crippen molar-refractivity contribution in [2.75, 3.05) is 0 Å². The topological polar surface area (TPSA) is 97.5 Å². The van der Waals surface area contributed by atoms with Gasteiger partial charge in [-0.1, -0.05) is 38.1 Å². The number of carbonyl (C=O) groups excluding carboxylic acids is 2. The molecule has 5 nitrogen and oxygen atoms in total. The van der Waals surface area contributed by atoms with Gasteiger partial charge >= 0.3 is 5.97 Å². The third-order valence-corrected chi connectivity index (χ3v) is 3.03. The third kappa shape index (κ3) is 4.59. The summed E-state index contributed by atoms with van der Waals surface area (Å²) in [5.41, 5.74) is 6.63. The maximum atomic E-state index is 11.9. The van der Waals surface area contributed by atoms with Gasteiger partial charge in [0.25, 0.3) is 0 Å². The molecule has 108 valence electrons. The summed E-state index contributed by atoms with van der Waals surface area (Å²) in [5.74, 6) is -1.54. The van der Waals surface area contributed by atoms with Gasteiger partial charge in [0.15, 0.2) is 5.78 Å². The maximum Gasteiger partial charge on any atom is 0.320 e. The molecule has 0 aromatic heterocycles. The number of carbonyl (C=O) groups is 3. The number of carboxylic acid groups (broad SMARTS) is 1. The predicted molar refractivity (Wildman–Crippen MR) is 74.5 cm³/mol. The molecule has 5 heteroatoms. The van der Waals surface area contributed by atoms with Crippen LogP contribution in [0.4, 0.5) is 0 Å². The first-order valence-corrected chi connectivity index (χ1v) is 6.44. The summed E-state index contributed by atoms with van der Waals surface area (Å²) >= 11 is 0. The lowest BCUT2D eigenvalue weighted by Gasteiger charge is -2.07. The number of nitrogens with two attached hydrogens (primary N) is 1. The minimum atomic E-state index is -1.06. The van der Waals surface area contributed by atoms with Crippen molar-refractivity contribution < 1.29 is 19.5 Å². The van der Waals surface area contributed by atoms with Crippen LogP contribution >= 0.6 is 0 Å². The van der Waals surface area contributed by atoms with Crippen LogP contribution in [0.25, 0.3) is 0 Å². The van der Waals surface area contributed by atoms with Gasteiger partial charge in [0.2, 0.25) is 0 Å². The molecule has 1 aromatic carbocycles. The number of Topliss-reactive ketones (excluding diaryl/α,β-unsaturated/α-hetero) is 2. The van der Waals surface area contributed by atoms with E-state index in [4.69, 9.17) is 10.8 Å². The number of carboxylic acids is 1. The average Bonchev–Trinajstić information content (AvgIpc) is 2.39. The summed E-state index contributed by atoms with van der Waals surface area (Å²) in [6.07, 6.45) is 0.0976. The van der Waals surface area contributed by atoms with E-state index >= 15 is 0 Å². The van der Waals surface area contributed by atoms with Crippen LogP contribution in [0.2, 0.25) is 0 Å². The van der Waals surface area contributed by atoms with Gasteiger partial charge in [0, 0.05) is 11.5 Å². The van der Waals surface area contributed by atoms with Gasteiger partial charge in [-0.05, 0) is 12.0 Å². The van der Waals surface area contributed by atoms with Crippen LogP contribution in [-0.4, -0.2) is 28.7 Å². The lowest BCUT2D eigenvalue weighted by atomic mass is 9.98. The molecule has 1 atom stereocenters. The van der Waals surface area contributed by atoms with E-state index in [1.54, 1.807) is 38.1 Å². The zero-order valence-corrected chi connectivity index (χ0v) is 11.6. The molecule has 0 spiro atoms. The summed E-state index contributed by atoms with van der Waals surface area (Å²) in [6, 6.07) is 5.56. The van der Waals surface area contributed by atoms with E-state index in [1.807, 2.05) is 0 Å². The van der Waals surface area contributed by atoms with Crippen molar-refractivity contribution in [2.45, 2.75) is 32.7 Å². The standard InChI is InChI=1S/C15H19NO4/c1-9(2)13(17)8-14(18)11-5-3-10(4-6-11)7-12(16)15(19)20/h3-6,9,12H,7-8,16H2,1-2H3,(H,19,20). The molecular weight excluding hydrogens is 258 g/mol. The summed E-state index contributed by atoms with van der Waals surface area (Å²) in [7, 11) is 0. The molecule has 0 radical (unpaired) electrons. The van der Waals surface area contributed by atoms with E-state index in [2.05, 4.69) is 0 Å². The van der Waals surface area contributed by atoms with Crippen LogP contribution in [0.15, 0.2) is 24.3 Å². The highest BCUT2D eigenvalue weighted by molar-refractivity contribution is 6.08. The van der Waals surface area contributed by atoms with Gasteiger partial charge in [-0.15, -0.1) is 0 Å². The Morgan fingerprint density at radius 1 is 1.15 bits per heavy atom. The number of hydrogen-bond acceptors (Lipinski definition) is 4. The molecule has 1 rings (SSSR count). The number of aliphatic carboxylic acids is 1. The molecule has 0 amide bonds. The van der Waals surface area contributed by atoms with E-state index in [0.29, 0.717) is 5.56 Å². The molecule has 1 unspecified atom stereocenters. The summed E-state index contributed by atoms with van der Waals surface area (Å²) in [4.78, 5) is 34.0. The average molecular weight is 277 g/mol. The van der Waals surface area contributed by atoms with E-state index < -0.39 is 12.0 Å². The van der Waals surface area contributed by atoms with Crippen molar-refractivity contribution >= 4 is 17.5 Å². The monoisotopic (exact) mass is 277 g/mol. The van der Waals surface area contributed by atoms with E-state index in [9.17, 15) is 14.4 Å². The molecule has 0 aliphatic rings. The van der Waals surface area contributed by atoms with Gasteiger partial charge < -0.3 is 10.8 Å². The highest BCUT2D eigenvalue weighted by atomic mass is 16.4. The van der Waals surface area contributed by atoms with Crippen molar-refractivity contribution in [1.82, 2.24) is 0 Å². The number of hydrogen-bond donors (Lipinski definition) is 2. The van der Waals surface area contributed by atoms with Crippen molar-refractivity contribution in [3.63, 3.8) is 0 Å². The molecule has 0 saturated carbocycles. The molecule has 3 N–H and O–H groups in total. The second kappa shape index (κ2) is 6.96. The lowest BCUT2D eigenvalue weighted by molar-refractivity contribution is -0.138. The lowest BCUT2D eigenvalue weighted by Crippen LogP contribution is -2.32. The number of rotatable bonds is 7. The zero-order valence-electron chi connectivity index (χ0n) is 11.6. The first-order valence-electron chi connectivity index (χ1n) is 6.44. The largest absolute Gasteiger partial charge is 0.480 e. The van der Waals surface area contributed by atoms with Crippen LogP contribution in [0.3, 0.4) is 0 Å². The Morgan fingerprint density at radius 3 is 2.15 bits per heavy atom. The van der Waals surface area contributed by atoms with Crippen molar-refractivity contribution in [2.24, 2.45) is 11.7 Å². The van der Waals surface area contributed by atoms with Crippen molar-refractivity contribution in [3.05, 3.63) is 35.4 Å². The van der Waals surface area contributed by atoms with E-state index in [1.165, 1.54) is 0 Å². The molecule has 0 saturated heterocycles. The Bertz CT molecular complexity index is 505. The highest BCUT2D eigenvalue weighted by Crippen LogP contribution is 2.10. The second-order valence-electron chi connectivity index (χ2n) is 5.07. The maximum absolute atomic E-state index is 11.9. The van der Waals surface area contributed by atoms with Crippen molar-refractivity contribution in [1.29, 1.82) is 0 Å². The quantitative estimate of drug-likeness (QED) is 0.580. The Labute approximate surface area is 117 Å². The molecule has 0 aliphatic carbocycles. The van der Waals surface area contributed by atoms with Gasteiger partial charge in [-0.25, -0.2) is 0 Å². The normalized spacial score (nSPS) is 12.2. The smallest absolute Gasteiger partial charge is 0.320 e. The molecule has 0 aliphatic heterocycles. The van der Waals surface area contributed by atoms with Gasteiger partial charge in [0.05, 0.1) is 6.42 Å². The van der Waals surface area contributed by atoms with Crippen molar-refractivity contribution in [3.8, 4) is 0 Å². The third-order valence-electron chi connectivity index (χ3n) is 3.03. The first-order chi connectivity index (χ1) is 9.31. The SMILES string of the molecule is CC(C)C(=O)CC(=O)c1ccc(CC(N)C(=O)O)cc1. The number of benzene rings is 1. The molecule has 0 bridgehead atoms. The Hall–Kier alpha value is -2.01. The van der Waals surface area contributed by atoms with Crippen LogP contribution < -0.4 is 5.73 Å². The van der Waals surface area contributed by atoms with E-state index in [-0.39, 0.29) is 30.3 Å².